The number of hydrogen-bond acceptors (Lipinski definition) is 3. The molecular formula is C13H18ClNO2. The summed E-state index contributed by atoms with van der Waals surface area (Å²) in [5.41, 5.74) is 7.54. The molecule has 2 N–H and O–H groups in total. The molecule has 94 valence electrons. The van der Waals surface area contributed by atoms with Gasteiger partial charge in [-0.2, -0.15) is 0 Å². The molecule has 4 heteroatoms. The number of ether oxygens (including phenoxy) is 2. The van der Waals surface area contributed by atoms with Crippen LogP contribution in [0.25, 0.3) is 0 Å². The average Bonchev–Trinajstić information content (AvgIpc) is 2.59. The maximum atomic E-state index is 6.42. The van der Waals surface area contributed by atoms with E-state index < -0.39 is 5.54 Å². The Morgan fingerprint density at radius 2 is 2.18 bits per heavy atom. The first kappa shape index (κ1) is 12.5. The molecule has 1 atom stereocenters. The van der Waals surface area contributed by atoms with Crippen LogP contribution in [0, 0.1) is 0 Å². The molecule has 0 amide bonds. The number of nitrogens with two attached hydrogens (primary N) is 1. The highest BCUT2D eigenvalue weighted by Crippen LogP contribution is 2.45. The molecule has 1 aromatic carbocycles. The van der Waals surface area contributed by atoms with E-state index in [1.807, 2.05) is 26.8 Å². The quantitative estimate of drug-likeness (QED) is 0.884. The summed E-state index contributed by atoms with van der Waals surface area (Å²) in [6.45, 7) is 5.88. The van der Waals surface area contributed by atoms with Crippen molar-refractivity contribution in [3.05, 3.63) is 22.2 Å². The number of hydrogen-bond donors (Lipinski definition) is 1. The third kappa shape index (κ3) is 2.09. The third-order valence-electron chi connectivity index (χ3n) is 3.00. The van der Waals surface area contributed by atoms with Crippen molar-refractivity contribution in [1.82, 2.24) is 0 Å². The molecule has 0 spiro atoms. The zero-order chi connectivity index (χ0) is 12.8. The first-order valence-electron chi connectivity index (χ1n) is 5.70. The SMILES string of the molecule is COc1cc(C(C)(C)N)c(Cl)c2c1OC(C)C2. The highest BCUT2D eigenvalue weighted by Gasteiger charge is 2.30. The Hall–Kier alpha value is -0.930. The molecule has 2 rings (SSSR count). The summed E-state index contributed by atoms with van der Waals surface area (Å²) >= 11 is 6.42. The van der Waals surface area contributed by atoms with Gasteiger partial charge in [0.1, 0.15) is 6.10 Å². The Bertz CT molecular complexity index is 452. The van der Waals surface area contributed by atoms with Crippen LogP contribution in [0.15, 0.2) is 6.07 Å². The van der Waals surface area contributed by atoms with E-state index >= 15 is 0 Å². The lowest BCUT2D eigenvalue weighted by Gasteiger charge is -2.23. The van der Waals surface area contributed by atoms with Crippen LogP contribution in [0.4, 0.5) is 0 Å². The molecular weight excluding hydrogens is 238 g/mol. The predicted molar refractivity (Wildman–Crippen MR) is 69.0 cm³/mol. The van der Waals surface area contributed by atoms with Crippen LogP contribution in [0.3, 0.4) is 0 Å². The monoisotopic (exact) mass is 255 g/mol. The van der Waals surface area contributed by atoms with Crippen molar-refractivity contribution in [2.45, 2.75) is 38.8 Å². The van der Waals surface area contributed by atoms with Gasteiger partial charge in [-0.3, -0.25) is 0 Å². The Morgan fingerprint density at radius 1 is 1.53 bits per heavy atom. The number of benzene rings is 1. The van der Waals surface area contributed by atoms with E-state index in [0.717, 1.165) is 23.3 Å². The van der Waals surface area contributed by atoms with Crippen LogP contribution in [0.1, 0.15) is 31.9 Å². The fourth-order valence-electron chi connectivity index (χ4n) is 2.13. The normalized spacial score (nSPS) is 18.8. The highest BCUT2D eigenvalue weighted by atomic mass is 35.5. The van der Waals surface area contributed by atoms with Crippen LogP contribution in [-0.4, -0.2) is 13.2 Å². The summed E-state index contributed by atoms with van der Waals surface area (Å²) in [6.07, 6.45) is 0.932. The molecule has 1 aliphatic rings. The Balaban J connectivity index is 2.64. The second-order valence-corrected chi connectivity index (χ2v) is 5.48. The standard InChI is InChI=1S/C13H18ClNO2/c1-7-5-8-11(14)9(13(2,3)15)6-10(16-4)12(8)17-7/h6-7H,5,15H2,1-4H3. The van der Waals surface area contributed by atoms with Gasteiger partial charge in [0, 0.05) is 17.5 Å². The highest BCUT2D eigenvalue weighted by molar-refractivity contribution is 6.32. The zero-order valence-electron chi connectivity index (χ0n) is 10.6. The molecule has 0 aromatic heterocycles. The van der Waals surface area contributed by atoms with Gasteiger partial charge in [0.15, 0.2) is 11.5 Å². The van der Waals surface area contributed by atoms with E-state index in [1.54, 1.807) is 7.11 Å². The van der Waals surface area contributed by atoms with Gasteiger partial charge in [0.25, 0.3) is 0 Å². The molecule has 0 bridgehead atoms. The Morgan fingerprint density at radius 3 is 2.71 bits per heavy atom. The molecule has 0 saturated heterocycles. The average molecular weight is 256 g/mol. The second-order valence-electron chi connectivity index (χ2n) is 5.10. The molecule has 3 nitrogen and oxygen atoms in total. The number of rotatable bonds is 2. The molecule has 0 aliphatic carbocycles. The summed E-state index contributed by atoms with van der Waals surface area (Å²) in [7, 11) is 1.63. The van der Waals surface area contributed by atoms with Crippen molar-refractivity contribution in [3.8, 4) is 11.5 Å². The minimum atomic E-state index is -0.495. The van der Waals surface area contributed by atoms with Crippen LogP contribution in [0.5, 0.6) is 11.5 Å². The van der Waals surface area contributed by atoms with Gasteiger partial charge in [-0.25, -0.2) is 0 Å². The van der Waals surface area contributed by atoms with Crippen LogP contribution in [-0.2, 0) is 12.0 Å². The van der Waals surface area contributed by atoms with Gasteiger partial charge in [0.2, 0.25) is 0 Å². The minimum absolute atomic E-state index is 0.132. The second kappa shape index (κ2) is 4.07. The molecule has 1 aliphatic heterocycles. The summed E-state index contributed by atoms with van der Waals surface area (Å²) in [5.74, 6) is 1.47. The van der Waals surface area contributed by atoms with Gasteiger partial charge >= 0.3 is 0 Å². The lowest BCUT2D eigenvalue weighted by Crippen LogP contribution is -2.29. The number of fused-ring (bicyclic) bond motifs is 1. The summed E-state index contributed by atoms with van der Waals surface area (Å²) in [5, 5.41) is 0.706. The third-order valence-corrected chi connectivity index (χ3v) is 3.43. The van der Waals surface area contributed by atoms with Crippen molar-refractivity contribution in [1.29, 1.82) is 0 Å². The summed E-state index contributed by atoms with van der Waals surface area (Å²) in [6, 6.07) is 1.87. The molecule has 0 saturated carbocycles. The fourth-order valence-corrected chi connectivity index (χ4v) is 2.59. The van der Waals surface area contributed by atoms with Crippen molar-refractivity contribution in [2.75, 3.05) is 7.11 Å². The number of halogens is 1. The lowest BCUT2D eigenvalue weighted by atomic mass is 9.92. The van der Waals surface area contributed by atoms with Gasteiger partial charge in [-0.15, -0.1) is 0 Å². The molecule has 1 heterocycles. The van der Waals surface area contributed by atoms with Crippen molar-refractivity contribution in [2.24, 2.45) is 5.73 Å². The van der Waals surface area contributed by atoms with Crippen LogP contribution < -0.4 is 15.2 Å². The van der Waals surface area contributed by atoms with E-state index in [4.69, 9.17) is 26.8 Å². The maximum absolute atomic E-state index is 6.42. The first-order valence-corrected chi connectivity index (χ1v) is 6.07. The van der Waals surface area contributed by atoms with E-state index in [2.05, 4.69) is 0 Å². The van der Waals surface area contributed by atoms with Crippen molar-refractivity contribution < 1.29 is 9.47 Å². The molecule has 0 radical (unpaired) electrons. The maximum Gasteiger partial charge on any atom is 0.166 e. The van der Waals surface area contributed by atoms with Gasteiger partial charge in [-0.05, 0) is 32.4 Å². The van der Waals surface area contributed by atoms with E-state index in [1.165, 1.54) is 0 Å². The van der Waals surface area contributed by atoms with Crippen LogP contribution in [0.2, 0.25) is 5.02 Å². The first-order chi connectivity index (χ1) is 7.84. The topological polar surface area (TPSA) is 44.5 Å². The summed E-state index contributed by atoms with van der Waals surface area (Å²) in [4.78, 5) is 0. The van der Waals surface area contributed by atoms with Gasteiger partial charge in [-0.1, -0.05) is 11.6 Å². The predicted octanol–water partition coefficient (Wildman–Crippen LogP) is 2.87. The minimum Gasteiger partial charge on any atom is -0.493 e. The molecule has 1 unspecified atom stereocenters. The molecule has 0 fully saturated rings. The Labute approximate surface area is 107 Å². The molecule has 17 heavy (non-hydrogen) atoms. The van der Waals surface area contributed by atoms with Crippen molar-refractivity contribution in [3.63, 3.8) is 0 Å². The van der Waals surface area contributed by atoms with E-state index in [-0.39, 0.29) is 6.10 Å². The zero-order valence-corrected chi connectivity index (χ0v) is 11.4. The largest absolute Gasteiger partial charge is 0.493 e. The molecule has 1 aromatic rings. The van der Waals surface area contributed by atoms with E-state index in [0.29, 0.717) is 10.8 Å². The lowest BCUT2D eigenvalue weighted by molar-refractivity contribution is 0.243. The smallest absolute Gasteiger partial charge is 0.166 e. The van der Waals surface area contributed by atoms with Gasteiger partial charge in [0.05, 0.1) is 12.1 Å². The van der Waals surface area contributed by atoms with Gasteiger partial charge < -0.3 is 15.2 Å². The fraction of sp³-hybridized carbons (Fsp3) is 0.538. The van der Waals surface area contributed by atoms with Crippen molar-refractivity contribution >= 4 is 11.6 Å². The van der Waals surface area contributed by atoms with E-state index in [9.17, 15) is 0 Å². The number of methoxy groups -OCH3 is 1. The summed E-state index contributed by atoms with van der Waals surface area (Å²) < 4.78 is 11.1. The Kier molecular flexibility index (Phi) is 3.00. The van der Waals surface area contributed by atoms with Crippen LogP contribution >= 0.6 is 11.6 Å².